The van der Waals surface area contributed by atoms with Crippen LogP contribution in [-0.4, -0.2) is 23.0 Å². The highest BCUT2D eigenvalue weighted by Crippen LogP contribution is 2.39. The van der Waals surface area contributed by atoms with E-state index in [0.717, 1.165) is 44.0 Å². The number of pyridine rings is 1. The second kappa shape index (κ2) is 5.95. The highest BCUT2D eigenvalue weighted by molar-refractivity contribution is 6.24. The van der Waals surface area contributed by atoms with Gasteiger partial charge in [0, 0.05) is 27.2 Å². The van der Waals surface area contributed by atoms with E-state index in [9.17, 15) is 4.79 Å². The fraction of sp³-hybridized carbons (Fsp3) is 0.0435. The Morgan fingerprint density at radius 3 is 2.48 bits per heavy atom. The second-order valence-electron chi connectivity index (χ2n) is 6.44. The van der Waals surface area contributed by atoms with Crippen LogP contribution in [-0.2, 0) is 4.74 Å². The second-order valence-corrected chi connectivity index (χ2v) is 6.44. The SMILES string of the molecule is COC(=O)c1cccc2[nH]c3nc4ccccc4c(-c4ccccc4)c3c12. The van der Waals surface area contributed by atoms with E-state index < -0.39 is 0 Å². The van der Waals surface area contributed by atoms with Crippen molar-refractivity contribution in [2.24, 2.45) is 0 Å². The Kier molecular flexibility index (Phi) is 3.44. The van der Waals surface area contributed by atoms with Gasteiger partial charge in [-0.3, -0.25) is 0 Å². The molecule has 0 fully saturated rings. The molecule has 4 nitrogen and oxygen atoms in total. The number of hydrogen-bond donors (Lipinski definition) is 1. The minimum absolute atomic E-state index is 0.353. The summed E-state index contributed by atoms with van der Waals surface area (Å²) in [5.74, 6) is -0.353. The zero-order chi connectivity index (χ0) is 18.4. The molecule has 0 saturated carbocycles. The van der Waals surface area contributed by atoms with E-state index in [1.165, 1.54) is 7.11 Å². The molecule has 27 heavy (non-hydrogen) atoms. The molecule has 130 valence electrons. The van der Waals surface area contributed by atoms with Crippen molar-refractivity contribution in [3.05, 3.63) is 78.4 Å². The lowest BCUT2D eigenvalue weighted by atomic mass is 9.95. The third-order valence-electron chi connectivity index (χ3n) is 4.93. The van der Waals surface area contributed by atoms with Crippen LogP contribution in [0.25, 0.3) is 44.0 Å². The van der Waals surface area contributed by atoms with E-state index in [0.29, 0.717) is 5.56 Å². The van der Waals surface area contributed by atoms with Crippen LogP contribution in [0.2, 0.25) is 0 Å². The molecule has 2 aromatic heterocycles. The fourth-order valence-corrected chi connectivity index (χ4v) is 3.78. The predicted molar refractivity (Wildman–Crippen MR) is 108 cm³/mol. The third kappa shape index (κ3) is 2.30. The average Bonchev–Trinajstić information content (AvgIpc) is 3.10. The Bertz CT molecular complexity index is 1320. The normalized spacial score (nSPS) is 11.3. The smallest absolute Gasteiger partial charge is 0.338 e. The van der Waals surface area contributed by atoms with Gasteiger partial charge in [0.1, 0.15) is 5.65 Å². The summed E-state index contributed by atoms with van der Waals surface area (Å²) in [6, 6.07) is 23.9. The minimum Gasteiger partial charge on any atom is -0.465 e. The van der Waals surface area contributed by atoms with Crippen molar-refractivity contribution in [3.63, 3.8) is 0 Å². The highest BCUT2D eigenvalue weighted by atomic mass is 16.5. The zero-order valence-electron chi connectivity index (χ0n) is 14.7. The summed E-state index contributed by atoms with van der Waals surface area (Å²) in [5, 5.41) is 2.84. The number of H-pyrrole nitrogens is 1. The number of nitrogens with one attached hydrogen (secondary N) is 1. The number of fused-ring (bicyclic) bond motifs is 4. The van der Waals surface area contributed by atoms with Gasteiger partial charge in [0.05, 0.1) is 18.2 Å². The van der Waals surface area contributed by atoms with Gasteiger partial charge >= 0.3 is 5.97 Å². The molecule has 0 bridgehead atoms. The first-order valence-electron chi connectivity index (χ1n) is 8.75. The molecule has 0 spiro atoms. The number of carbonyl (C=O) groups is 1. The first-order chi connectivity index (χ1) is 13.3. The molecule has 5 aromatic rings. The van der Waals surface area contributed by atoms with Crippen molar-refractivity contribution in [1.82, 2.24) is 9.97 Å². The van der Waals surface area contributed by atoms with E-state index in [-0.39, 0.29) is 5.97 Å². The van der Waals surface area contributed by atoms with E-state index in [1.807, 2.05) is 48.5 Å². The molecular formula is C23H16N2O2. The maximum atomic E-state index is 12.4. The number of ether oxygens (including phenoxy) is 1. The average molecular weight is 352 g/mol. The van der Waals surface area contributed by atoms with Crippen molar-refractivity contribution >= 4 is 38.8 Å². The number of rotatable bonds is 2. The number of methoxy groups -OCH3 is 1. The molecule has 0 aliphatic heterocycles. The largest absolute Gasteiger partial charge is 0.465 e. The van der Waals surface area contributed by atoms with Crippen molar-refractivity contribution in [2.45, 2.75) is 0 Å². The summed E-state index contributed by atoms with van der Waals surface area (Å²) in [5.41, 5.74) is 5.23. The van der Waals surface area contributed by atoms with Crippen LogP contribution in [0.15, 0.2) is 72.8 Å². The van der Waals surface area contributed by atoms with Crippen LogP contribution in [0.3, 0.4) is 0 Å². The molecule has 4 heteroatoms. The first kappa shape index (κ1) is 15.6. The standard InChI is InChI=1S/C23H16N2O2/c1-27-23(26)16-11-7-13-18-20(16)21-19(14-8-3-2-4-9-14)15-10-5-6-12-17(15)24-22(21)25-18/h2-13H,1H3,(H,24,25). The Morgan fingerprint density at radius 2 is 1.67 bits per heavy atom. The monoisotopic (exact) mass is 352 g/mol. The molecule has 2 heterocycles. The summed E-state index contributed by atoms with van der Waals surface area (Å²) in [6.45, 7) is 0. The van der Waals surface area contributed by atoms with Gasteiger partial charge in [-0.1, -0.05) is 54.6 Å². The topological polar surface area (TPSA) is 55.0 Å². The molecule has 0 saturated heterocycles. The van der Waals surface area contributed by atoms with Crippen LogP contribution in [0.4, 0.5) is 0 Å². The molecule has 0 radical (unpaired) electrons. The fourth-order valence-electron chi connectivity index (χ4n) is 3.78. The molecule has 3 aromatic carbocycles. The van der Waals surface area contributed by atoms with Gasteiger partial charge in [-0.05, 0) is 23.8 Å². The molecule has 5 rings (SSSR count). The highest BCUT2D eigenvalue weighted by Gasteiger charge is 2.20. The van der Waals surface area contributed by atoms with Gasteiger partial charge in [-0.25, -0.2) is 9.78 Å². The van der Waals surface area contributed by atoms with Gasteiger partial charge in [0.2, 0.25) is 0 Å². The summed E-state index contributed by atoms with van der Waals surface area (Å²) >= 11 is 0. The number of aromatic nitrogens is 2. The minimum atomic E-state index is -0.353. The Hall–Kier alpha value is -3.66. The molecule has 0 atom stereocenters. The molecule has 0 amide bonds. The molecular weight excluding hydrogens is 336 g/mol. The summed E-state index contributed by atoms with van der Waals surface area (Å²) in [4.78, 5) is 20.6. The van der Waals surface area contributed by atoms with Crippen molar-refractivity contribution in [2.75, 3.05) is 7.11 Å². The van der Waals surface area contributed by atoms with Crippen molar-refractivity contribution in [3.8, 4) is 11.1 Å². The maximum absolute atomic E-state index is 12.4. The lowest BCUT2D eigenvalue weighted by Crippen LogP contribution is -2.01. The van der Waals surface area contributed by atoms with Gasteiger partial charge in [-0.15, -0.1) is 0 Å². The summed E-state index contributed by atoms with van der Waals surface area (Å²) in [6.07, 6.45) is 0. The zero-order valence-corrected chi connectivity index (χ0v) is 14.7. The van der Waals surface area contributed by atoms with Gasteiger partial charge in [0.25, 0.3) is 0 Å². The lowest BCUT2D eigenvalue weighted by Gasteiger charge is -2.10. The number of benzene rings is 3. The van der Waals surface area contributed by atoms with E-state index in [2.05, 4.69) is 23.2 Å². The predicted octanol–water partition coefficient (Wildman–Crippen LogP) is 5.32. The first-order valence-corrected chi connectivity index (χ1v) is 8.75. The number of nitrogens with zero attached hydrogens (tertiary/aromatic N) is 1. The van der Waals surface area contributed by atoms with E-state index >= 15 is 0 Å². The van der Waals surface area contributed by atoms with Crippen LogP contribution < -0.4 is 0 Å². The van der Waals surface area contributed by atoms with E-state index in [4.69, 9.17) is 9.72 Å². The number of esters is 1. The van der Waals surface area contributed by atoms with Gasteiger partial charge < -0.3 is 9.72 Å². The van der Waals surface area contributed by atoms with Crippen LogP contribution in [0.5, 0.6) is 0 Å². The Labute approximate surface area is 155 Å². The van der Waals surface area contributed by atoms with E-state index in [1.54, 1.807) is 6.07 Å². The molecule has 0 aliphatic carbocycles. The maximum Gasteiger partial charge on any atom is 0.338 e. The summed E-state index contributed by atoms with van der Waals surface area (Å²) < 4.78 is 5.02. The van der Waals surface area contributed by atoms with Crippen LogP contribution in [0, 0.1) is 0 Å². The molecule has 0 aliphatic rings. The number of hydrogen-bond acceptors (Lipinski definition) is 3. The number of para-hydroxylation sites is 1. The quantitative estimate of drug-likeness (QED) is 0.437. The van der Waals surface area contributed by atoms with Gasteiger partial charge in [-0.2, -0.15) is 0 Å². The lowest BCUT2D eigenvalue weighted by molar-refractivity contribution is 0.0603. The number of aromatic amines is 1. The van der Waals surface area contributed by atoms with Crippen molar-refractivity contribution in [1.29, 1.82) is 0 Å². The Morgan fingerprint density at radius 1 is 0.889 bits per heavy atom. The Balaban J connectivity index is 2.06. The number of carbonyl (C=O) groups excluding carboxylic acids is 1. The molecule has 1 N–H and O–H groups in total. The van der Waals surface area contributed by atoms with Crippen LogP contribution >= 0.6 is 0 Å². The van der Waals surface area contributed by atoms with Crippen molar-refractivity contribution < 1.29 is 9.53 Å². The van der Waals surface area contributed by atoms with Gasteiger partial charge in [0.15, 0.2) is 0 Å². The molecule has 0 unspecified atom stereocenters. The summed E-state index contributed by atoms with van der Waals surface area (Å²) in [7, 11) is 1.40. The van der Waals surface area contributed by atoms with Crippen LogP contribution in [0.1, 0.15) is 10.4 Å². The third-order valence-corrected chi connectivity index (χ3v) is 4.93.